The maximum Gasteiger partial charge on any atom is 0.223 e. The van der Waals surface area contributed by atoms with E-state index in [-0.39, 0.29) is 11.8 Å². The van der Waals surface area contributed by atoms with E-state index in [9.17, 15) is 4.79 Å². The van der Waals surface area contributed by atoms with Crippen molar-refractivity contribution in [2.75, 3.05) is 6.54 Å². The lowest BCUT2D eigenvalue weighted by Gasteiger charge is -2.18. The Morgan fingerprint density at radius 3 is 2.58 bits per heavy atom. The quantitative estimate of drug-likeness (QED) is 0.686. The Bertz CT molecular complexity index is 165. The van der Waals surface area contributed by atoms with Crippen LogP contribution in [0.5, 0.6) is 0 Å². The topological polar surface area (TPSA) is 29.1 Å². The zero-order valence-electron chi connectivity index (χ0n) is 8.26. The molecule has 1 aliphatic rings. The lowest BCUT2D eigenvalue weighted by atomic mass is 9.86. The summed E-state index contributed by atoms with van der Waals surface area (Å²) in [7, 11) is 0. The van der Waals surface area contributed by atoms with Gasteiger partial charge in [-0.25, -0.2) is 0 Å². The minimum atomic E-state index is 0.267. The number of hydrogen-bond acceptors (Lipinski definition) is 1. The lowest BCUT2D eigenvalue weighted by molar-refractivity contribution is -0.123. The number of hydrogen-bond donors (Lipinski definition) is 1. The Morgan fingerprint density at radius 2 is 2.17 bits per heavy atom. The van der Waals surface area contributed by atoms with Crippen molar-refractivity contribution in [2.24, 2.45) is 17.8 Å². The summed E-state index contributed by atoms with van der Waals surface area (Å²) >= 11 is 0. The first-order chi connectivity index (χ1) is 5.61. The van der Waals surface area contributed by atoms with E-state index in [1.165, 1.54) is 0 Å². The normalized spacial score (nSPS) is 26.0. The van der Waals surface area contributed by atoms with Crippen molar-refractivity contribution in [1.29, 1.82) is 0 Å². The smallest absolute Gasteiger partial charge is 0.223 e. The summed E-state index contributed by atoms with van der Waals surface area (Å²) in [5.74, 6) is 1.80. The van der Waals surface area contributed by atoms with Gasteiger partial charge in [-0.15, -0.1) is 0 Å². The molecule has 1 amide bonds. The van der Waals surface area contributed by atoms with Crippen LogP contribution in [-0.2, 0) is 4.79 Å². The van der Waals surface area contributed by atoms with Crippen LogP contribution in [0, 0.1) is 17.8 Å². The molecule has 0 aliphatic carbocycles. The van der Waals surface area contributed by atoms with E-state index in [1.54, 1.807) is 0 Å². The fourth-order valence-electron chi connectivity index (χ4n) is 2.06. The molecule has 2 heteroatoms. The van der Waals surface area contributed by atoms with Gasteiger partial charge in [-0.1, -0.05) is 20.8 Å². The summed E-state index contributed by atoms with van der Waals surface area (Å²) in [5.41, 5.74) is 0. The van der Waals surface area contributed by atoms with E-state index in [0.29, 0.717) is 11.8 Å². The highest BCUT2D eigenvalue weighted by molar-refractivity contribution is 5.80. The highest BCUT2D eigenvalue weighted by Crippen LogP contribution is 2.25. The van der Waals surface area contributed by atoms with Gasteiger partial charge in [0, 0.05) is 12.5 Å². The van der Waals surface area contributed by atoms with Crippen molar-refractivity contribution in [3.05, 3.63) is 0 Å². The van der Waals surface area contributed by atoms with E-state index in [1.807, 2.05) is 0 Å². The number of rotatable bonds is 3. The minimum absolute atomic E-state index is 0.267. The van der Waals surface area contributed by atoms with E-state index in [4.69, 9.17) is 0 Å². The van der Waals surface area contributed by atoms with E-state index in [2.05, 4.69) is 26.1 Å². The lowest BCUT2D eigenvalue weighted by Crippen LogP contribution is -2.24. The molecule has 2 unspecified atom stereocenters. The van der Waals surface area contributed by atoms with Gasteiger partial charge < -0.3 is 5.32 Å². The van der Waals surface area contributed by atoms with E-state index in [0.717, 1.165) is 19.4 Å². The third-order valence-electron chi connectivity index (χ3n) is 2.62. The summed E-state index contributed by atoms with van der Waals surface area (Å²) in [6.07, 6.45) is 2.20. The molecule has 1 fully saturated rings. The molecule has 12 heavy (non-hydrogen) atoms. The highest BCUT2D eigenvalue weighted by Gasteiger charge is 2.29. The first kappa shape index (κ1) is 9.56. The first-order valence-electron chi connectivity index (χ1n) is 4.89. The van der Waals surface area contributed by atoms with Crippen LogP contribution in [0.4, 0.5) is 0 Å². The van der Waals surface area contributed by atoms with Crippen LogP contribution < -0.4 is 5.32 Å². The third-order valence-corrected chi connectivity index (χ3v) is 2.62. The average molecular weight is 169 g/mol. The van der Waals surface area contributed by atoms with E-state index < -0.39 is 0 Å². The van der Waals surface area contributed by atoms with Crippen LogP contribution in [0.1, 0.15) is 33.6 Å². The molecule has 70 valence electrons. The zero-order valence-corrected chi connectivity index (χ0v) is 8.26. The summed E-state index contributed by atoms with van der Waals surface area (Å²) in [6.45, 7) is 7.49. The molecule has 1 N–H and O–H groups in total. The molecule has 0 spiro atoms. The first-order valence-corrected chi connectivity index (χ1v) is 4.89. The number of carbonyl (C=O) groups is 1. The van der Waals surface area contributed by atoms with Crippen LogP contribution in [0.2, 0.25) is 0 Å². The molecule has 0 aromatic heterocycles. The Labute approximate surface area is 74.7 Å². The molecule has 0 aromatic rings. The second-order valence-corrected chi connectivity index (χ2v) is 4.29. The molecule has 0 saturated carbocycles. The molecular weight excluding hydrogens is 150 g/mol. The Balaban J connectivity index is 2.40. The summed E-state index contributed by atoms with van der Waals surface area (Å²) in [4.78, 5) is 11.3. The van der Waals surface area contributed by atoms with Crippen molar-refractivity contribution in [3.63, 3.8) is 0 Å². The van der Waals surface area contributed by atoms with Gasteiger partial charge in [-0.2, -0.15) is 0 Å². The maximum absolute atomic E-state index is 11.3. The predicted octanol–water partition coefficient (Wildman–Crippen LogP) is 1.80. The van der Waals surface area contributed by atoms with Gasteiger partial charge in [0.1, 0.15) is 0 Å². The molecule has 2 atom stereocenters. The Hall–Kier alpha value is -0.530. The summed E-state index contributed by atoms with van der Waals surface area (Å²) < 4.78 is 0. The van der Waals surface area contributed by atoms with Crippen molar-refractivity contribution < 1.29 is 4.79 Å². The molecule has 1 heterocycles. The molecular formula is C10H19NO. The monoisotopic (exact) mass is 169 g/mol. The Morgan fingerprint density at radius 1 is 1.50 bits per heavy atom. The average Bonchev–Trinajstić information content (AvgIpc) is 2.33. The molecule has 2 nitrogen and oxygen atoms in total. The van der Waals surface area contributed by atoms with Crippen LogP contribution in [0.3, 0.4) is 0 Å². The molecule has 1 aliphatic heterocycles. The van der Waals surface area contributed by atoms with Crippen molar-refractivity contribution in [3.8, 4) is 0 Å². The van der Waals surface area contributed by atoms with Crippen molar-refractivity contribution in [2.45, 2.75) is 33.6 Å². The molecule has 1 saturated heterocycles. The second-order valence-electron chi connectivity index (χ2n) is 4.29. The molecule has 0 radical (unpaired) electrons. The number of nitrogens with one attached hydrogen (secondary N) is 1. The minimum Gasteiger partial charge on any atom is -0.356 e. The molecule has 0 bridgehead atoms. The largest absolute Gasteiger partial charge is 0.356 e. The van der Waals surface area contributed by atoms with Crippen LogP contribution in [0.15, 0.2) is 0 Å². The second kappa shape index (κ2) is 3.92. The van der Waals surface area contributed by atoms with E-state index >= 15 is 0 Å². The van der Waals surface area contributed by atoms with Crippen molar-refractivity contribution in [1.82, 2.24) is 5.32 Å². The van der Waals surface area contributed by atoms with Crippen molar-refractivity contribution >= 4 is 5.91 Å². The van der Waals surface area contributed by atoms with Gasteiger partial charge in [-0.3, -0.25) is 4.79 Å². The maximum atomic E-state index is 11.3. The summed E-state index contributed by atoms with van der Waals surface area (Å²) in [5, 5.41) is 2.88. The fraction of sp³-hybridized carbons (Fsp3) is 0.900. The number of carbonyl (C=O) groups excluding carboxylic acids is 1. The zero-order chi connectivity index (χ0) is 9.14. The standard InChI is InChI=1S/C10H19NO/c1-7(2)6-8(3)9-4-5-11-10(9)12/h7-9H,4-6H2,1-3H3,(H,11,12). The van der Waals surface area contributed by atoms with Gasteiger partial charge >= 0.3 is 0 Å². The van der Waals surface area contributed by atoms with Crippen LogP contribution in [-0.4, -0.2) is 12.5 Å². The SMILES string of the molecule is CC(C)CC(C)C1CCNC1=O. The molecule has 0 aromatic carbocycles. The molecule has 1 rings (SSSR count). The third kappa shape index (κ3) is 2.23. The number of amides is 1. The van der Waals surface area contributed by atoms with Gasteiger partial charge in [0.25, 0.3) is 0 Å². The van der Waals surface area contributed by atoms with Gasteiger partial charge in [0.05, 0.1) is 0 Å². The highest BCUT2D eigenvalue weighted by atomic mass is 16.2. The predicted molar refractivity (Wildman–Crippen MR) is 49.7 cm³/mol. The van der Waals surface area contributed by atoms with Gasteiger partial charge in [0.2, 0.25) is 5.91 Å². The fourth-order valence-corrected chi connectivity index (χ4v) is 2.06. The van der Waals surface area contributed by atoms with Gasteiger partial charge in [-0.05, 0) is 24.7 Å². The van der Waals surface area contributed by atoms with Crippen LogP contribution in [0.25, 0.3) is 0 Å². The summed E-state index contributed by atoms with van der Waals surface area (Å²) in [6, 6.07) is 0. The van der Waals surface area contributed by atoms with Crippen LogP contribution >= 0.6 is 0 Å². The Kier molecular flexibility index (Phi) is 3.12. The van der Waals surface area contributed by atoms with Gasteiger partial charge in [0.15, 0.2) is 0 Å².